The second kappa shape index (κ2) is 5.74. The van der Waals surface area contributed by atoms with E-state index in [0.717, 1.165) is 24.0 Å². The van der Waals surface area contributed by atoms with E-state index in [2.05, 4.69) is 6.92 Å². The molecule has 0 bridgehead atoms. The van der Waals surface area contributed by atoms with Crippen molar-refractivity contribution in [1.29, 1.82) is 0 Å². The van der Waals surface area contributed by atoms with Crippen LogP contribution in [0, 0.1) is 5.92 Å². The number of hydrogen-bond donors (Lipinski definition) is 4. The van der Waals surface area contributed by atoms with Crippen molar-refractivity contribution in [1.82, 2.24) is 0 Å². The van der Waals surface area contributed by atoms with E-state index in [0.29, 0.717) is 5.92 Å². The molecule has 0 aliphatic rings. The molecule has 2 rings (SSSR count). The van der Waals surface area contributed by atoms with E-state index < -0.39 is 0 Å². The van der Waals surface area contributed by atoms with E-state index in [-0.39, 0.29) is 23.0 Å². The minimum Gasteiger partial charge on any atom is -0.504 e. The Hall–Kier alpha value is -2.36. The van der Waals surface area contributed by atoms with Crippen molar-refractivity contribution in [2.45, 2.75) is 19.8 Å². The van der Waals surface area contributed by atoms with Gasteiger partial charge < -0.3 is 20.4 Å². The third kappa shape index (κ3) is 3.35. The fourth-order valence-corrected chi connectivity index (χ4v) is 2.27. The molecule has 0 radical (unpaired) electrons. The molecule has 2 aromatic rings. The van der Waals surface area contributed by atoms with E-state index in [1.54, 1.807) is 24.3 Å². The van der Waals surface area contributed by atoms with Gasteiger partial charge >= 0.3 is 0 Å². The summed E-state index contributed by atoms with van der Waals surface area (Å²) in [4.78, 5) is 0. The van der Waals surface area contributed by atoms with Gasteiger partial charge in [0, 0.05) is 0 Å². The zero-order valence-electron chi connectivity index (χ0n) is 11.2. The fourth-order valence-electron chi connectivity index (χ4n) is 2.27. The van der Waals surface area contributed by atoms with Crippen molar-refractivity contribution in [2.75, 3.05) is 0 Å². The quantitative estimate of drug-likeness (QED) is 0.646. The lowest BCUT2D eigenvalue weighted by Gasteiger charge is -2.12. The predicted molar refractivity (Wildman–Crippen MR) is 76.1 cm³/mol. The highest BCUT2D eigenvalue weighted by Gasteiger charge is 2.09. The standard InChI is InChI=1S/C16H18O4/c1-10(6-11-2-4-13(17)15(19)8-11)7-12-3-5-14(18)16(20)9-12/h2-5,8-10,17-20H,6-7H2,1H3. The molecule has 0 aliphatic carbocycles. The maximum absolute atomic E-state index is 9.46. The average Bonchev–Trinajstić information content (AvgIpc) is 2.38. The van der Waals surface area contributed by atoms with Crippen molar-refractivity contribution in [3.63, 3.8) is 0 Å². The lowest BCUT2D eigenvalue weighted by atomic mass is 9.94. The van der Waals surface area contributed by atoms with Crippen LogP contribution in [-0.4, -0.2) is 20.4 Å². The van der Waals surface area contributed by atoms with Gasteiger partial charge in [0.25, 0.3) is 0 Å². The van der Waals surface area contributed by atoms with Crippen LogP contribution in [0.25, 0.3) is 0 Å². The van der Waals surface area contributed by atoms with Crippen LogP contribution in [0.5, 0.6) is 23.0 Å². The van der Waals surface area contributed by atoms with Crippen LogP contribution < -0.4 is 0 Å². The van der Waals surface area contributed by atoms with Gasteiger partial charge in [-0.2, -0.15) is 0 Å². The molecule has 0 saturated carbocycles. The number of rotatable bonds is 4. The van der Waals surface area contributed by atoms with Crippen LogP contribution in [0.1, 0.15) is 18.1 Å². The number of hydrogen-bond acceptors (Lipinski definition) is 4. The number of aromatic hydroxyl groups is 4. The Kier molecular flexibility index (Phi) is 4.03. The topological polar surface area (TPSA) is 80.9 Å². The highest BCUT2D eigenvalue weighted by atomic mass is 16.3. The molecule has 20 heavy (non-hydrogen) atoms. The largest absolute Gasteiger partial charge is 0.504 e. The van der Waals surface area contributed by atoms with Gasteiger partial charge in [-0.25, -0.2) is 0 Å². The van der Waals surface area contributed by atoms with Crippen LogP contribution in [0.3, 0.4) is 0 Å². The Morgan fingerprint density at radius 3 is 1.45 bits per heavy atom. The van der Waals surface area contributed by atoms with Gasteiger partial charge in [0.2, 0.25) is 0 Å². The van der Waals surface area contributed by atoms with E-state index in [9.17, 15) is 20.4 Å². The summed E-state index contributed by atoms with van der Waals surface area (Å²) in [5.74, 6) is -0.174. The molecule has 4 N–H and O–H groups in total. The van der Waals surface area contributed by atoms with Crippen LogP contribution in [-0.2, 0) is 12.8 Å². The summed E-state index contributed by atoms with van der Waals surface area (Å²) in [5.41, 5.74) is 1.88. The molecule has 0 fully saturated rings. The first kappa shape index (κ1) is 14.1. The molecule has 106 valence electrons. The molecule has 0 amide bonds. The van der Waals surface area contributed by atoms with Gasteiger partial charge in [-0.1, -0.05) is 19.1 Å². The number of phenolic OH excluding ortho intramolecular Hbond substituents is 4. The van der Waals surface area contributed by atoms with Crippen molar-refractivity contribution in [3.05, 3.63) is 47.5 Å². The summed E-state index contributed by atoms with van der Waals surface area (Å²) >= 11 is 0. The minimum atomic E-state index is -0.121. The van der Waals surface area contributed by atoms with Gasteiger partial charge in [-0.05, 0) is 54.2 Å². The lowest BCUT2D eigenvalue weighted by molar-refractivity contribution is 0.402. The summed E-state index contributed by atoms with van der Waals surface area (Å²) in [6.45, 7) is 2.06. The second-order valence-corrected chi connectivity index (χ2v) is 5.16. The highest BCUT2D eigenvalue weighted by molar-refractivity contribution is 5.41. The van der Waals surface area contributed by atoms with Gasteiger partial charge in [0.1, 0.15) is 0 Å². The van der Waals surface area contributed by atoms with Crippen LogP contribution in [0.15, 0.2) is 36.4 Å². The van der Waals surface area contributed by atoms with Gasteiger partial charge in [-0.15, -0.1) is 0 Å². The van der Waals surface area contributed by atoms with Crippen molar-refractivity contribution in [2.24, 2.45) is 5.92 Å². The monoisotopic (exact) mass is 274 g/mol. The van der Waals surface area contributed by atoms with E-state index in [1.807, 2.05) is 0 Å². The summed E-state index contributed by atoms with van der Waals surface area (Å²) in [6.07, 6.45) is 1.49. The Labute approximate surface area is 117 Å². The third-order valence-electron chi connectivity index (χ3n) is 3.25. The van der Waals surface area contributed by atoms with Gasteiger partial charge in [0.05, 0.1) is 0 Å². The Bertz CT molecular complexity index is 554. The SMILES string of the molecule is CC(Cc1ccc(O)c(O)c1)Cc1ccc(O)c(O)c1. The summed E-state index contributed by atoms with van der Waals surface area (Å²) in [6, 6.07) is 9.62. The third-order valence-corrected chi connectivity index (χ3v) is 3.25. The first-order chi connectivity index (χ1) is 9.45. The van der Waals surface area contributed by atoms with Crippen molar-refractivity contribution >= 4 is 0 Å². The first-order valence-electron chi connectivity index (χ1n) is 6.47. The molecule has 0 saturated heterocycles. The van der Waals surface area contributed by atoms with E-state index in [4.69, 9.17) is 0 Å². The Morgan fingerprint density at radius 2 is 1.10 bits per heavy atom. The maximum atomic E-state index is 9.46. The molecule has 0 spiro atoms. The smallest absolute Gasteiger partial charge is 0.157 e. The van der Waals surface area contributed by atoms with Crippen LogP contribution >= 0.6 is 0 Å². The minimum absolute atomic E-state index is 0.114. The van der Waals surface area contributed by atoms with Crippen LogP contribution in [0.4, 0.5) is 0 Å². The van der Waals surface area contributed by atoms with Gasteiger partial charge in [0.15, 0.2) is 23.0 Å². The number of benzene rings is 2. The predicted octanol–water partition coefficient (Wildman–Crippen LogP) is 2.93. The molecule has 0 aromatic heterocycles. The summed E-state index contributed by atoms with van der Waals surface area (Å²) in [7, 11) is 0. The zero-order valence-corrected chi connectivity index (χ0v) is 11.2. The summed E-state index contributed by atoms with van der Waals surface area (Å²) in [5, 5.41) is 37.5. The van der Waals surface area contributed by atoms with Crippen molar-refractivity contribution < 1.29 is 20.4 Å². The number of phenols is 4. The summed E-state index contributed by atoms with van der Waals surface area (Å²) < 4.78 is 0. The molecule has 0 atom stereocenters. The molecule has 2 aromatic carbocycles. The molecule has 0 heterocycles. The molecular weight excluding hydrogens is 256 g/mol. The molecular formula is C16H18O4. The van der Waals surface area contributed by atoms with Gasteiger partial charge in [-0.3, -0.25) is 0 Å². The molecule has 0 unspecified atom stereocenters. The normalized spacial score (nSPS) is 10.9. The van der Waals surface area contributed by atoms with Crippen LogP contribution in [0.2, 0.25) is 0 Å². The Balaban J connectivity index is 2.02. The average molecular weight is 274 g/mol. The lowest BCUT2D eigenvalue weighted by Crippen LogP contribution is -2.03. The van der Waals surface area contributed by atoms with Crippen molar-refractivity contribution in [3.8, 4) is 23.0 Å². The first-order valence-corrected chi connectivity index (χ1v) is 6.47. The van der Waals surface area contributed by atoms with E-state index >= 15 is 0 Å². The maximum Gasteiger partial charge on any atom is 0.157 e. The molecule has 0 aliphatic heterocycles. The fraction of sp³-hybridized carbons (Fsp3) is 0.250. The Morgan fingerprint density at radius 1 is 0.700 bits per heavy atom. The zero-order chi connectivity index (χ0) is 14.7. The molecule has 4 heteroatoms. The highest BCUT2D eigenvalue weighted by Crippen LogP contribution is 2.28. The molecule has 4 nitrogen and oxygen atoms in total. The second-order valence-electron chi connectivity index (χ2n) is 5.16. The van der Waals surface area contributed by atoms with E-state index in [1.165, 1.54) is 12.1 Å².